The van der Waals surface area contributed by atoms with Crippen molar-refractivity contribution in [1.29, 1.82) is 0 Å². The molecule has 1 saturated heterocycles. The highest BCUT2D eigenvalue weighted by Gasteiger charge is 2.25. The van der Waals surface area contributed by atoms with E-state index in [1.807, 2.05) is 29.2 Å². The lowest BCUT2D eigenvalue weighted by molar-refractivity contribution is -0.125. The number of thiophene rings is 1. The maximum absolute atomic E-state index is 13.1. The van der Waals surface area contributed by atoms with E-state index in [0.29, 0.717) is 35.6 Å². The molecule has 0 unspecified atom stereocenters. The Morgan fingerprint density at radius 2 is 2.03 bits per heavy atom. The highest BCUT2D eigenvalue weighted by atomic mass is 32.1. The van der Waals surface area contributed by atoms with E-state index in [-0.39, 0.29) is 17.9 Å². The highest BCUT2D eigenvalue weighted by molar-refractivity contribution is 7.17. The van der Waals surface area contributed by atoms with E-state index in [2.05, 4.69) is 26.6 Å². The molecule has 4 aromatic rings. The van der Waals surface area contributed by atoms with Gasteiger partial charge in [-0.2, -0.15) is 4.98 Å². The summed E-state index contributed by atoms with van der Waals surface area (Å²) in [5.41, 5.74) is 1.77. The van der Waals surface area contributed by atoms with Crippen molar-refractivity contribution in [3.63, 3.8) is 0 Å². The fourth-order valence-corrected chi connectivity index (χ4v) is 5.15. The number of anilines is 1. The molecule has 0 saturated carbocycles. The van der Waals surface area contributed by atoms with Crippen LogP contribution in [0.15, 0.2) is 53.6 Å². The molecular formula is C24H24N6O3S. The molecule has 0 radical (unpaired) electrons. The monoisotopic (exact) mass is 476 g/mol. The van der Waals surface area contributed by atoms with Crippen molar-refractivity contribution in [2.24, 2.45) is 0 Å². The summed E-state index contributed by atoms with van der Waals surface area (Å²) in [5.74, 6) is 1.14. The van der Waals surface area contributed by atoms with Crippen LogP contribution in [0, 0.1) is 6.92 Å². The Hall–Kier alpha value is -3.79. The summed E-state index contributed by atoms with van der Waals surface area (Å²) in [7, 11) is 0. The predicted octanol–water partition coefficient (Wildman–Crippen LogP) is 4.45. The smallest absolute Gasteiger partial charge is 0.268 e. The first-order valence-electron chi connectivity index (χ1n) is 11.1. The Morgan fingerprint density at radius 3 is 2.82 bits per heavy atom. The number of rotatable bonds is 5. The Morgan fingerprint density at radius 1 is 1.18 bits per heavy atom. The molecule has 34 heavy (non-hydrogen) atoms. The third-order valence-electron chi connectivity index (χ3n) is 5.94. The summed E-state index contributed by atoms with van der Waals surface area (Å²) in [6.07, 6.45) is 3.87. The Bertz CT molecular complexity index is 1370. The fourth-order valence-electron chi connectivity index (χ4n) is 4.32. The number of imidazole rings is 1. The molecule has 3 aromatic heterocycles. The van der Waals surface area contributed by atoms with Crippen LogP contribution in [0.2, 0.25) is 0 Å². The molecule has 1 aliphatic heterocycles. The number of fused-ring (bicyclic) bond motifs is 1. The van der Waals surface area contributed by atoms with Gasteiger partial charge in [-0.05, 0) is 56.5 Å². The molecule has 0 bridgehead atoms. The molecule has 1 fully saturated rings. The van der Waals surface area contributed by atoms with Crippen molar-refractivity contribution >= 4 is 40.1 Å². The first kappa shape index (κ1) is 22.0. The Labute approximate surface area is 200 Å². The molecule has 1 aliphatic rings. The molecule has 1 atom stereocenters. The minimum Gasteiger partial charge on any atom is -0.339 e. The van der Waals surface area contributed by atoms with Crippen LogP contribution < -0.4 is 5.32 Å². The van der Waals surface area contributed by atoms with Gasteiger partial charge in [0.05, 0.1) is 20.8 Å². The topological polar surface area (TPSA) is 106 Å². The third-order valence-corrected chi connectivity index (χ3v) is 7.01. The lowest BCUT2D eigenvalue weighted by Crippen LogP contribution is -2.30. The zero-order chi connectivity index (χ0) is 23.7. The maximum atomic E-state index is 13.1. The molecule has 1 N–H and O–H groups in total. The number of aromatic nitrogens is 4. The zero-order valence-electron chi connectivity index (χ0n) is 18.7. The van der Waals surface area contributed by atoms with Crippen LogP contribution in [0.3, 0.4) is 0 Å². The number of nitrogens with zero attached hydrogens (tertiary/aromatic N) is 5. The van der Waals surface area contributed by atoms with Crippen LogP contribution in [0.25, 0.3) is 21.8 Å². The van der Waals surface area contributed by atoms with Gasteiger partial charge in [-0.25, -0.2) is 4.98 Å². The molecule has 1 aromatic carbocycles. The highest BCUT2D eigenvalue weighted by Crippen LogP contribution is 2.32. The molecule has 5 rings (SSSR count). The van der Waals surface area contributed by atoms with Gasteiger partial charge in [-0.3, -0.25) is 14.9 Å². The lowest BCUT2D eigenvalue weighted by Gasteiger charge is -2.21. The van der Waals surface area contributed by atoms with Gasteiger partial charge in [0.2, 0.25) is 11.9 Å². The van der Waals surface area contributed by atoms with Crippen molar-refractivity contribution in [2.45, 2.75) is 32.2 Å². The number of hydrogen-bond donors (Lipinski definition) is 1. The van der Waals surface area contributed by atoms with Crippen LogP contribution in [0.5, 0.6) is 0 Å². The van der Waals surface area contributed by atoms with Crippen LogP contribution in [-0.4, -0.2) is 49.5 Å². The maximum Gasteiger partial charge on any atom is 0.268 e. The van der Waals surface area contributed by atoms with E-state index in [0.717, 1.165) is 35.2 Å². The molecule has 0 aliphatic carbocycles. The van der Waals surface area contributed by atoms with E-state index in [1.165, 1.54) is 17.4 Å². The largest absolute Gasteiger partial charge is 0.339 e. The standard InChI is InChI=1S/C24H24N6O3S/c1-3-21(31)29-13-6-7-16(12-14-29)30-18-9-5-4-8-17(18)26-24(30)27-22(32)19-10-11-20(34-19)23-25-15(2)28-33-23/h3-5,8-11,16H,1,6-7,12-14H2,2H3,(H,26,27,32)/t16-/m1/s1. The number of amides is 2. The number of nitrogens with one attached hydrogen (secondary N) is 1. The number of aryl methyl sites for hydroxylation is 1. The van der Waals surface area contributed by atoms with Crippen molar-refractivity contribution in [3.05, 3.63) is 59.8 Å². The van der Waals surface area contributed by atoms with Crippen molar-refractivity contribution in [3.8, 4) is 10.8 Å². The van der Waals surface area contributed by atoms with Crippen LogP contribution in [-0.2, 0) is 4.79 Å². The van der Waals surface area contributed by atoms with Crippen molar-refractivity contribution < 1.29 is 14.1 Å². The first-order chi connectivity index (χ1) is 16.5. The summed E-state index contributed by atoms with van der Waals surface area (Å²) >= 11 is 1.29. The van der Waals surface area contributed by atoms with Gasteiger partial charge in [0.1, 0.15) is 0 Å². The van der Waals surface area contributed by atoms with E-state index < -0.39 is 0 Å². The number of hydrogen-bond acceptors (Lipinski definition) is 7. The van der Waals surface area contributed by atoms with Crippen molar-refractivity contribution in [1.82, 2.24) is 24.6 Å². The minimum absolute atomic E-state index is 0.0467. The van der Waals surface area contributed by atoms with Crippen LogP contribution in [0.1, 0.15) is 40.8 Å². The van der Waals surface area contributed by atoms with Gasteiger partial charge in [-0.15, -0.1) is 11.3 Å². The molecule has 10 heteroatoms. The summed E-state index contributed by atoms with van der Waals surface area (Å²) in [6, 6.07) is 11.5. The first-order valence-corrected chi connectivity index (χ1v) is 12.0. The average Bonchev–Trinajstić information content (AvgIpc) is 3.53. The molecule has 9 nitrogen and oxygen atoms in total. The van der Waals surface area contributed by atoms with Gasteiger partial charge < -0.3 is 14.0 Å². The van der Waals surface area contributed by atoms with E-state index in [1.54, 1.807) is 19.1 Å². The fraction of sp³-hybridized carbons (Fsp3) is 0.292. The lowest BCUT2D eigenvalue weighted by atomic mass is 10.1. The quantitative estimate of drug-likeness (QED) is 0.427. The summed E-state index contributed by atoms with van der Waals surface area (Å²) < 4.78 is 7.31. The SMILES string of the molecule is C=CC(=O)N1CCC[C@@H](n2c(NC(=O)c3ccc(-c4nc(C)no4)s3)nc3ccccc32)CC1. The summed E-state index contributed by atoms with van der Waals surface area (Å²) in [4.78, 5) is 37.3. The predicted molar refractivity (Wildman–Crippen MR) is 130 cm³/mol. The second-order valence-corrected chi connectivity index (χ2v) is 9.26. The van der Waals surface area contributed by atoms with Crippen molar-refractivity contribution in [2.75, 3.05) is 18.4 Å². The molecule has 4 heterocycles. The average molecular weight is 477 g/mol. The number of benzene rings is 1. The van der Waals surface area contributed by atoms with Gasteiger partial charge in [0.25, 0.3) is 11.8 Å². The van der Waals surface area contributed by atoms with Gasteiger partial charge >= 0.3 is 0 Å². The zero-order valence-corrected chi connectivity index (χ0v) is 19.5. The minimum atomic E-state index is -0.249. The number of carbonyl (C=O) groups excluding carboxylic acids is 2. The number of carbonyl (C=O) groups is 2. The Kier molecular flexibility index (Phi) is 5.97. The second-order valence-electron chi connectivity index (χ2n) is 8.17. The summed E-state index contributed by atoms with van der Waals surface area (Å²) in [6.45, 7) is 6.69. The molecule has 174 valence electrons. The number of likely N-dealkylation sites (tertiary alicyclic amines) is 1. The Balaban J connectivity index is 1.42. The normalized spacial score (nSPS) is 16.4. The molecule has 2 amide bonds. The van der Waals surface area contributed by atoms with Gasteiger partial charge in [-0.1, -0.05) is 23.9 Å². The van der Waals surface area contributed by atoms with Crippen LogP contribution in [0.4, 0.5) is 5.95 Å². The molecular weight excluding hydrogens is 452 g/mol. The molecule has 0 spiro atoms. The van der Waals surface area contributed by atoms with E-state index in [9.17, 15) is 9.59 Å². The van der Waals surface area contributed by atoms with Gasteiger partial charge in [0.15, 0.2) is 5.82 Å². The number of para-hydroxylation sites is 2. The summed E-state index contributed by atoms with van der Waals surface area (Å²) in [5, 5.41) is 6.82. The second kappa shape index (κ2) is 9.22. The third kappa shape index (κ3) is 4.24. The van der Waals surface area contributed by atoms with E-state index >= 15 is 0 Å². The van der Waals surface area contributed by atoms with Gasteiger partial charge in [0, 0.05) is 19.1 Å². The van der Waals surface area contributed by atoms with E-state index in [4.69, 9.17) is 9.51 Å². The van der Waals surface area contributed by atoms with Crippen LogP contribution >= 0.6 is 11.3 Å².